The molecular weight excluding hydrogens is 284 g/mol. The molecule has 1 aliphatic rings. The molecule has 1 fully saturated rings. The summed E-state index contributed by atoms with van der Waals surface area (Å²) >= 11 is 0. The summed E-state index contributed by atoms with van der Waals surface area (Å²) in [4.78, 5) is 36.7. The van der Waals surface area contributed by atoms with Crippen LogP contribution in [-0.4, -0.2) is 40.9 Å². The molecule has 0 spiro atoms. The van der Waals surface area contributed by atoms with Gasteiger partial charge in [0.2, 0.25) is 11.8 Å². The summed E-state index contributed by atoms with van der Waals surface area (Å²) in [6.07, 6.45) is 1.12. The number of aliphatic carboxylic acids is 1. The normalized spacial score (nSPS) is 16.9. The highest BCUT2D eigenvalue weighted by molar-refractivity contribution is 5.86. The first kappa shape index (κ1) is 16.0. The Morgan fingerprint density at radius 3 is 2.27 bits per heavy atom. The Labute approximate surface area is 129 Å². The Bertz CT molecular complexity index is 551. The number of nitrogens with zero attached hydrogens (tertiary/aromatic N) is 1. The molecule has 2 N–H and O–H groups in total. The van der Waals surface area contributed by atoms with Gasteiger partial charge in [0.1, 0.15) is 0 Å². The fourth-order valence-electron chi connectivity index (χ4n) is 2.65. The van der Waals surface area contributed by atoms with Gasteiger partial charge in [0, 0.05) is 25.9 Å². The number of carbonyl (C=O) groups is 3. The monoisotopic (exact) mass is 304 g/mol. The topological polar surface area (TPSA) is 86.7 Å². The molecule has 22 heavy (non-hydrogen) atoms. The predicted octanol–water partition coefficient (Wildman–Crippen LogP) is 1.19. The molecule has 0 aliphatic carbocycles. The molecule has 0 saturated carbocycles. The Balaban J connectivity index is 1.98. The molecule has 0 radical (unpaired) electrons. The summed E-state index contributed by atoms with van der Waals surface area (Å²) in [5.41, 5.74) is 0.546. The van der Waals surface area contributed by atoms with Crippen molar-refractivity contribution in [3.63, 3.8) is 0 Å². The van der Waals surface area contributed by atoms with Crippen LogP contribution >= 0.6 is 0 Å². The zero-order valence-corrected chi connectivity index (χ0v) is 12.5. The van der Waals surface area contributed by atoms with Crippen molar-refractivity contribution < 1.29 is 19.5 Å². The summed E-state index contributed by atoms with van der Waals surface area (Å²) in [5.74, 6) is -1.59. The molecule has 0 unspecified atom stereocenters. The minimum absolute atomic E-state index is 0.00607. The van der Waals surface area contributed by atoms with E-state index in [1.54, 1.807) is 35.2 Å². The minimum atomic E-state index is -1.08. The smallest absolute Gasteiger partial charge is 0.330 e. The van der Waals surface area contributed by atoms with E-state index in [9.17, 15) is 19.5 Å². The second-order valence-electron chi connectivity index (χ2n) is 5.47. The molecule has 6 heteroatoms. The van der Waals surface area contributed by atoms with Gasteiger partial charge in [-0.1, -0.05) is 30.3 Å². The lowest BCUT2D eigenvalue weighted by Crippen LogP contribution is -2.44. The van der Waals surface area contributed by atoms with Crippen molar-refractivity contribution in [2.75, 3.05) is 13.1 Å². The fourth-order valence-corrected chi connectivity index (χ4v) is 2.65. The van der Waals surface area contributed by atoms with Gasteiger partial charge in [-0.05, 0) is 18.4 Å². The number of benzene rings is 1. The van der Waals surface area contributed by atoms with E-state index in [1.165, 1.54) is 6.92 Å². The lowest BCUT2D eigenvalue weighted by atomic mass is 9.95. The molecule has 1 saturated heterocycles. The molecule has 2 amide bonds. The van der Waals surface area contributed by atoms with Crippen molar-refractivity contribution in [2.24, 2.45) is 5.92 Å². The highest BCUT2D eigenvalue weighted by atomic mass is 16.4. The van der Waals surface area contributed by atoms with Crippen molar-refractivity contribution in [2.45, 2.75) is 25.8 Å². The molecule has 6 nitrogen and oxygen atoms in total. The van der Waals surface area contributed by atoms with Crippen LogP contribution in [0.15, 0.2) is 30.3 Å². The van der Waals surface area contributed by atoms with Gasteiger partial charge in [0.05, 0.1) is 0 Å². The van der Waals surface area contributed by atoms with E-state index in [4.69, 9.17) is 0 Å². The number of hydrogen-bond donors (Lipinski definition) is 2. The molecule has 0 aromatic heterocycles. The van der Waals surface area contributed by atoms with Crippen LogP contribution in [-0.2, 0) is 14.4 Å². The Hall–Kier alpha value is -2.37. The van der Waals surface area contributed by atoms with Crippen molar-refractivity contribution in [1.82, 2.24) is 10.2 Å². The van der Waals surface area contributed by atoms with Crippen LogP contribution in [0.2, 0.25) is 0 Å². The summed E-state index contributed by atoms with van der Waals surface area (Å²) in [5, 5.41) is 11.9. The van der Waals surface area contributed by atoms with Crippen LogP contribution in [0.1, 0.15) is 31.4 Å². The van der Waals surface area contributed by atoms with E-state index in [-0.39, 0.29) is 17.7 Å². The first-order chi connectivity index (χ1) is 10.5. The van der Waals surface area contributed by atoms with Gasteiger partial charge in [-0.2, -0.15) is 0 Å². The molecule has 1 heterocycles. The van der Waals surface area contributed by atoms with Crippen molar-refractivity contribution >= 4 is 17.8 Å². The average Bonchev–Trinajstić information content (AvgIpc) is 2.53. The Morgan fingerprint density at radius 2 is 1.77 bits per heavy atom. The third-order valence-electron chi connectivity index (χ3n) is 3.98. The maximum absolute atomic E-state index is 12.3. The van der Waals surface area contributed by atoms with E-state index in [1.807, 2.05) is 0 Å². The van der Waals surface area contributed by atoms with E-state index >= 15 is 0 Å². The van der Waals surface area contributed by atoms with E-state index in [2.05, 4.69) is 5.32 Å². The number of hydrogen-bond acceptors (Lipinski definition) is 3. The summed E-state index contributed by atoms with van der Waals surface area (Å²) in [6.45, 7) is 2.59. The van der Waals surface area contributed by atoms with Crippen LogP contribution in [0, 0.1) is 5.92 Å². The van der Waals surface area contributed by atoms with Gasteiger partial charge in [0.25, 0.3) is 0 Å². The van der Waals surface area contributed by atoms with Crippen LogP contribution in [0.25, 0.3) is 0 Å². The number of carbonyl (C=O) groups excluding carboxylic acids is 2. The quantitative estimate of drug-likeness (QED) is 0.874. The standard InChI is InChI=1S/C16H20N2O4/c1-11(19)18-9-7-13(8-10-18)15(20)17-14(16(21)22)12-5-3-2-4-6-12/h2-6,13-14H,7-10H2,1H3,(H,17,20)(H,21,22)/t14-/m1/s1. The molecule has 1 aliphatic heterocycles. The predicted molar refractivity (Wildman–Crippen MR) is 79.9 cm³/mol. The zero-order chi connectivity index (χ0) is 16.1. The van der Waals surface area contributed by atoms with Crippen LogP contribution in [0.3, 0.4) is 0 Å². The molecule has 0 bridgehead atoms. The minimum Gasteiger partial charge on any atom is -0.479 e. The second kappa shape index (κ2) is 7.06. The molecule has 2 rings (SSSR count). The maximum atomic E-state index is 12.3. The second-order valence-corrected chi connectivity index (χ2v) is 5.47. The van der Waals surface area contributed by atoms with Crippen molar-refractivity contribution in [3.05, 3.63) is 35.9 Å². The zero-order valence-electron chi connectivity index (χ0n) is 12.5. The molecule has 1 aromatic carbocycles. The third kappa shape index (κ3) is 3.84. The number of likely N-dealkylation sites (tertiary alicyclic amines) is 1. The maximum Gasteiger partial charge on any atom is 0.330 e. The number of amides is 2. The lowest BCUT2D eigenvalue weighted by molar-refractivity contribution is -0.143. The first-order valence-corrected chi connectivity index (χ1v) is 7.32. The number of carboxylic acid groups (broad SMARTS) is 1. The van der Waals surface area contributed by atoms with Gasteiger partial charge in [-0.25, -0.2) is 4.79 Å². The number of carboxylic acids is 1. The van der Waals surface area contributed by atoms with Gasteiger partial charge >= 0.3 is 5.97 Å². The SMILES string of the molecule is CC(=O)N1CCC(C(=O)N[C@@H](C(=O)O)c2ccccc2)CC1. The highest BCUT2D eigenvalue weighted by Gasteiger charge is 2.29. The van der Waals surface area contributed by atoms with Crippen molar-refractivity contribution in [1.29, 1.82) is 0 Å². The van der Waals surface area contributed by atoms with Gasteiger partial charge in [-0.15, -0.1) is 0 Å². The molecule has 118 valence electrons. The van der Waals surface area contributed by atoms with Gasteiger partial charge < -0.3 is 15.3 Å². The van der Waals surface area contributed by atoms with E-state index in [0.717, 1.165) is 0 Å². The van der Waals surface area contributed by atoms with Gasteiger partial charge in [-0.3, -0.25) is 9.59 Å². The largest absolute Gasteiger partial charge is 0.479 e. The third-order valence-corrected chi connectivity index (χ3v) is 3.98. The summed E-state index contributed by atoms with van der Waals surface area (Å²) in [6, 6.07) is 7.58. The molecule has 1 aromatic rings. The summed E-state index contributed by atoms with van der Waals surface area (Å²) in [7, 11) is 0. The average molecular weight is 304 g/mol. The fraction of sp³-hybridized carbons (Fsp3) is 0.438. The first-order valence-electron chi connectivity index (χ1n) is 7.32. The Kier molecular flexibility index (Phi) is 5.14. The molecule has 1 atom stereocenters. The number of rotatable bonds is 4. The van der Waals surface area contributed by atoms with Gasteiger partial charge in [0.15, 0.2) is 6.04 Å². The Morgan fingerprint density at radius 1 is 1.18 bits per heavy atom. The number of nitrogens with one attached hydrogen (secondary N) is 1. The number of piperidine rings is 1. The lowest BCUT2D eigenvalue weighted by Gasteiger charge is -2.31. The van der Waals surface area contributed by atoms with E-state index < -0.39 is 12.0 Å². The summed E-state index contributed by atoms with van der Waals surface area (Å²) < 4.78 is 0. The van der Waals surface area contributed by atoms with Crippen LogP contribution < -0.4 is 5.32 Å². The van der Waals surface area contributed by atoms with E-state index in [0.29, 0.717) is 31.5 Å². The van der Waals surface area contributed by atoms with Crippen LogP contribution in [0.5, 0.6) is 0 Å². The van der Waals surface area contributed by atoms with Crippen molar-refractivity contribution in [3.8, 4) is 0 Å². The van der Waals surface area contributed by atoms with Crippen LogP contribution in [0.4, 0.5) is 0 Å². The highest BCUT2D eigenvalue weighted by Crippen LogP contribution is 2.20. The molecular formula is C16H20N2O4.